The second-order valence-corrected chi connectivity index (χ2v) is 6.64. The fourth-order valence-electron chi connectivity index (χ4n) is 3.54. The van der Waals surface area contributed by atoms with Crippen LogP contribution in [0.4, 0.5) is 0 Å². The normalized spacial score (nSPS) is 29.7. The number of piperazine rings is 1. The van der Waals surface area contributed by atoms with Gasteiger partial charge in [0.25, 0.3) is 0 Å². The summed E-state index contributed by atoms with van der Waals surface area (Å²) in [4.78, 5) is 21.4. The number of nitrogens with one attached hydrogen (secondary N) is 1. The van der Waals surface area contributed by atoms with Crippen molar-refractivity contribution in [1.29, 1.82) is 0 Å². The van der Waals surface area contributed by atoms with Gasteiger partial charge >= 0.3 is 0 Å². The summed E-state index contributed by atoms with van der Waals surface area (Å²) in [7, 11) is 2.00. The molecule has 2 aliphatic rings. The van der Waals surface area contributed by atoms with Crippen LogP contribution in [0.25, 0.3) is 0 Å². The molecule has 7 heteroatoms. The van der Waals surface area contributed by atoms with Gasteiger partial charge in [-0.05, 0) is 13.8 Å². The van der Waals surface area contributed by atoms with Crippen LogP contribution in [0.3, 0.4) is 0 Å². The van der Waals surface area contributed by atoms with Crippen LogP contribution in [-0.2, 0) is 16.6 Å². The molecule has 1 aromatic rings. The van der Waals surface area contributed by atoms with Gasteiger partial charge in [0.2, 0.25) is 5.91 Å². The molecule has 7 nitrogen and oxygen atoms in total. The molecule has 3 heterocycles. The molecule has 0 aromatic carbocycles. The van der Waals surface area contributed by atoms with E-state index in [0.717, 1.165) is 25.5 Å². The molecule has 0 bridgehead atoms. The second-order valence-electron chi connectivity index (χ2n) is 6.64. The first-order valence-electron chi connectivity index (χ1n) is 8.40. The third-order valence-corrected chi connectivity index (χ3v) is 4.62. The first-order valence-corrected chi connectivity index (χ1v) is 8.40. The third kappa shape index (κ3) is 3.73. The van der Waals surface area contributed by atoms with E-state index in [1.807, 2.05) is 42.8 Å². The van der Waals surface area contributed by atoms with Crippen LogP contribution in [0.15, 0.2) is 12.4 Å². The van der Waals surface area contributed by atoms with Crippen LogP contribution in [0, 0.1) is 0 Å². The van der Waals surface area contributed by atoms with Crippen molar-refractivity contribution in [2.24, 2.45) is 7.05 Å². The van der Waals surface area contributed by atoms with Gasteiger partial charge in [0.15, 0.2) is 0 Å². The van der Waals surface area contributed by atoms with E-state index >= 15 is 0 Å². The first-order chi connectivity index (χ1) is 11.0. The van der Waals surface area contributed by atoms with E-state index in [4.69, 9.17) is 4.74 Å². The lowest BCUT2D eigenvalue weighted by Crippen LogP contribution is -2.54. The first kappa shape index (κ1) is 16.4. The molecule has 1 N–H and O–H groups in total. The van der Waals surface area contributed by atoms with Gasteiger partial charge in [0, 0.05) is 52.2 Å². The van der Waals surface area contributed by atoms with Crippen LogP contribution in [0.1, 0.15) is 25.7 Å². The van der Waals surface area contributed by atoms with Gasteiger partial charge < -0.3 is 19.5 Å². The number of aryl methyl sites for hydroxylation is 1. The minimum Gasteiger partial charge on any atom is -0.372 e. The Morgan fingerprint density at radius 3 is 2.78 bits per heavy atom. The van der Waals surface area contributed by atoms with Crippen molar-refractivity contribution >= 4 is 5.91 Å². The van der Waals surface area contributed by atoms with Gasteiger partial charge in [0.1, 0.15) is 5.82 Å². The Labute approximate surface area is 137 Å². The molecular weight excluding hydrogens is 294 g/mol. The van der Waals surface area contributed by atoms with E-state index in [1.54, 1.807) is 0 Å². The highest BCUT2D eigenvalue weighted by atomic mass is 16.5. The number of amides is 1. The molecule has 1 amide bonds. The maximum absolute atomic E-state index is 12.7. The number of rotatable bonds is 3. The van der Waals surface area contributed by atoms with Gasteiger partial charge in [0.05, 0.1) is 24.8 Å². The number of hydrogen-bond acceptors (Lipinski definition) is 5. The van der Waals surface area contributed by atoms with Crippen molar-refractivity contribution in [1.82, 2.24) is 24.7 Å². The fourth-order valence-corrected chi connectivity index (χ4v) is 3.54. The van der Waals surface area contributed by atoms with Gasteiger partial charge in [-0.1, -0.05) is 0 Å². The number of nitrogens with zero attached hydrogens (tertiary/aromatic N) is 4. The Hall–Kier alpha value is -1.44. The van der Waals surface area contributed by atoms with E-state index in [9.17, 15) is 4.79 Å². The minimum atomic E-state index is 0.107. The Kier molecular flexibility index (Phi) is 4.99. The van der Waals surface area contributed by atoms with Crippen molar-refractivity contribution in [2.75, 3.05) is 39.3 Å². The summed E-state index contributed by atoms with van der Waals surface area (Å²) in [6, 6.07) is 0.142. The second kappa shape index (κ2) is 6.98. The number of imidazole rings is 1. The fraction of sp³-hybridized carbons (Fsp3) is 0.750. The van der Waals surface area contributed by atoms with E-state index < -0.39 is 0 Å². The predicted octanol–water partition coefficient (Wildman–Crippen LogP) is 0.00220. The van der Waals surface area contributed by atoms with E-state index in [1.165, 1.54) is 0 Å². The van der Waals surface area contributed by atoms with E-state index in [0.29, 0.717) is 19.6 Å². The van der Waals surface area contributed by atoms with Crippen molar-refractivity contribution in [3.8, 4) is 0 Å². The molecule has 3 atom stereocenters. The summed E-state index contributed by atoms with van der Waals surface area (Å²) in [6.45, 7) is 8.45. The zero-order valence-electron chi connectivity index (χ0n) is 14.2. The number of ether oxygens (including phenoxy) is 1. The molecular formula is C16H27N5O2. The number of morpholine rings is 1. The number of carbonyl (C=O) groups excluding carboxylic acids is 1. The van der Waals surface area contributed by atoms with Crippen LogP contribution in [0.2, 0.25) is 0 Å². The molecule has 1 aromatic heterocycles. The lowest BCUT2D eigenvalue weighted by atomic mass is 10.1. The Morgan fingerprint density at radius 1 is 1.39 bits per heavy atom. The number of hydrogen-bond donors (Lipinski definition) is 1. The molecule has 3 unspecified atom stereocenters. The summed E-state index contributed by atoms with van der Waals surface area (Å²) in [5.74, 6) is 1.20. The number of aromatic nitrogens is 2. The van der Waals surface area contributed by atoms with E-state index in [-0.39, 0.29) is 24.2 Å². The van der Waals surface area contributed by atoms with Gasteiger partial charge in [-0.15, -0.1) is 0 Å². The van der Waals surface area contributed by atoms with Gasteiger partial charge in [-0.25, -0.2) is 4.98 Å². The number of carbonyl (C=O) groups is 1. The van der Waals surface area contributed by atoms with Crippen LogP contribution < -0.4 is 5.32 Å². The van der Waals surface area contributed by atoms with Crippen molar-refractivity contribution < 1.29 is 9.53 Å². The van der Waals surface area contributed by atoms with E-state index in [2.05, 4.69) is 15.2 Å². The molecule has 0 radical (unpaired) electrons. The van der Waals surface area contributed by atoms with Crippen molar-refractivity contribution in [3.05, 3.63) is 18.2 Å². The van der Waals surface area contributed by atoms with Crippen LogP contribution in [-0.4, -0.2) is 76.7 Å². The lowest BCUT2D eigenvalue weighted by Gasteiger charge is -2.39. The Bertz CT molecular complexity index is 536. The quantitative estimate of drug-likeness (QED) is 0.849. The summed E-state index contributed by atoms with van der Waals surface area (Å²) < 4.78 is 7.76. The maximum atomic E-state index is 12.7. The highest BCUT2D eigenvalue weighted by Gasteiger charge is 2.31. The molecule has 2 aliphatic heterocycles. The van der Waals surface area contributed by atoms with Crippen molar-refractivity contribution in [2.45, 2.75) is 32.1 Å². The monoisotopic (exact) mass is 321 g/mol. The molecule has 128 valence electrons. The molecule has 23 heavy (non-hydrogen) atoms. The third-order valence-electron chi connectivity index (χ3n) is 4.62. The highest BCUT2D eigenvalue weighted by molar-refractivity contribution is 5.78. The maximum Gasteiger partial charge on any atom is 0.236 e. The van der Waals surface area contributed by atoms with Gasteiger partial charge in [-0.3, -0.25) is 9.69 Å². The molecule has 3 rings (SSSR count). The topological polar surface area (TPSA) is 62.6 Å². The van der Waals surface area contributed by atoms with Crippen molar-refractivity contribution in [3.63, 3.8) is 0 Å². The average molecular weight is 321 g/mol. The SMILES string of the molecule is CC1CN(C(=O)CN2CCNCC2c2nccn2C)CC(C)O1. The zero-order chi connectivity index (χ0) is 16.4. The smallest absolute Gasteiger partial charge is 0.236 e. The molecule has 0 spiro atoms. The lowest BCUT2D eigenvalue weighted by molar-refractivity contribution is -0.145. The minimum absolute atomic E-state index is 0.107. The Morgan fingerprint density at radius 2 is 2.13 bits per heavy atom. The van der Waals surface area contributed by atoms with Crippen LogP contribution >= 0.6 is 0 Å². The summed E-state index contributed by atoms with van der Waals surface area (Å²) >= 11 is 0. The molecule has 2 fully saturated rings. The average Bonchev–Trinajstić information content (AvgIpc) is 2.93. The Balaban J connectivity index is 1.67. The van der Waals surface area contributed by atoms with Gasteiger partial charge in [-0.2, -0.15) is 0 Å². The molecule has 0 aliphatic carbocycles. The summed E-state index contributed by atoms with van der Waals surface area (Å²) in [6.07, 6.45) is 3.98. The summed E-state index contributed by atoms with van der Waals surface area (Å²) in [5, 5.41) is 3.41. The molecule has 0 saturated carbocycles. The predicted molar refractivity (Wildman–Crippen MR) is 87.0 cm³/mol. The molecule has 2 saturated heterocycles. The summed E-state index contributed by atoms with van der Waals surface area (Å²) in [5.41, 5.74) is 0. The standard InChI is InChI=1S/C16H27N5O2/c1-12-9-21(10-13(2)23-12)15(22)11-20-7-4-17-8-14(20)16-18-5-6-19(16)3/h5-6,12-14,17H,4,7-11H2,1-3H3. The largest absolute Gasteiger partial charge is 0.372 e. The highest BCUT2D eigenvalue weighted by Crippen LogP contribution is 2.21. The zero-order valence-corrected chi connectivity index (χ0v) is 14.2. The van der Waals surface area contributed by atoms with Crippen LogP contribution in [0.5, 0.6) is 0 Å².